The molecule has 2 aliphatic heterocycles. The molecule has 0 aliphatic carbocycles. The van der Waals surface area contributed by atoms with Crippen LogP contribution >= 0.6 is 0 Å². The molecule has 2 atom stereocenters. The van der Waals surface area contributed by atoms with Gasteiger partial charge in [0.2, 0.25) is 0 Å². The first kappa shape index (κ1) is 13.3. The molecule has 0 radical (unpaired) electrons. The van der Waals surface area contributed by atoms with Gasteiger partial charge in [-0.1, -0.05) is 19.8 Å². The van der Waals surface area contributed by atoms with Crippen LogP contribution in [0.15, 0.2) is 0 Å². The maximum Gasteiger partial charge on any atom is 0.0496 e. The van der Waals surface area contributed by atoms with Crippen molar-refractivity contribution >= 4 is 0 Å². The van der Waals surface area contributed by atoms with Crippen molar-refractivity contribution in [1.29, 1.82) is 0 Å². The Morgan fingerprint density at radius 2 is 2.18 bits per heavy atom. The van der Waals surface area contributed by atoms with Crippen molar-refractivity contribution in [3.63, 3.8) is 0 Å². The van der Waals surface area contributed by atoms with Crippen LogP contribution in [-0.2, 0) is 0 Å². The quantitative estimate of drug-likeness (QED) is 0.792. The first-order valence-electron chi connectivity index (χ1n) is 7.40. The molecule has 0 aromatic carbocycles. The van der Waals surface area contributed by atoms with Crippen LogP contribution in [0.5, 0.6) is 0 Å². The van der Waals surface area contributed by atoms with E-state index in [-0.39, 0.29) is 5.54 Å². The Labute approximate surface area is 106 Å². The van der Waals surface area contributed by atoms with E-state index in [1.807, 2.05) is 0 Å². The number of nitrogens with two attached hydrogens (primary N) is 1. The Kier molecular flexibility index (Phi) is 4.45. The van der Waals surface area contributed by atoms with Gasteiger partial charge in [-0.15, -0.1) is 0 Å². The standard InChI is InChI=1S/C14H29N3/c1-3-4-9-16(2)14(12-15)8-11-17-10-6-5-7-13(14)17/h13H,3-12,15H2,1-2H3. The van der Waals surface area contributed by atoms with Gasteiger partial charge in [-0.2, -0.15) is 0 Å². The fourth-order valence-corrected chi connectivity index (χ4v) is 3.83. The van der Waals surface area contributed by atoms with Crippen LogP contribution in [0.1, 0.15) is 45.4 Å². The fraction of sp³-hybridized carbons (Fsp3) is 1.00. The molecule has 2 saturated heterocycles. The van der Waals surface area contributed by atoms with Crippen molar-refractivity contribution in [3.8, 4) is 0 Å². The lowest BCUT2D eigenvalue weighted by Gasteiger charge is -2.46. The minimum Gasteiger partial charge on any atom is -0.329 e. The van der Waals surface area contributed by atoms with Crippen LogP contribution in [0, 0.1) is 0 Å². The van der Waals surface area contributed by atoms with Gasteiger partial charge < -0.3 is 5.73 Å². The minimum absolute atomic E-state index is 0.273. The summed E-state index contributed by atoms with van der Waals surface area (Å²) >= 11 is 0. The third kappa shape index (κ3) is 2.38. The van der Waals surface area contributed by atoms with Gasteiger partial charge in [0.05, 0.1) is 0 Å². The van der Waals surface area contributed by atoms with Gasteiger partial charge in [-0.25, -0.2) is 0 Å². The Hall–Kier alpha value is -0.120. The van der Waals surface area contributed by atoms with E-state index in [0.717, 1.165) is 12.6 Å². The number of piperidine rings is 1. The van der Waals surface area contributed by atoms with E-state index in [1.165, 1.54) is 58.2 Å². The van der Waals surface area contributed by atoms with Gasteiger partial charge in [0.1, 0.15) is 0 Å². The number of unbranched alkanes of at least 4 members (excludes halogenated alkanes) is 1. The molecule has 2 rings (SSSR count). The molecule has 2 aliphatic rings. The van der Waals surface area contributed by atoms with Crippen molar-refractivity contribution in [2.45, 2.75) is 57.0 Å². The largest absolute Gasteiger partial charge is 0.329 e. The molecule has 2 N–H and O–H groups in total. The lowest BCUT2D eigenvalue weighted by molar-refractivity contribution is 0.0554. The lowest BCUT2D eigenvalue weighted by atomic mass is 9.84. The maximum atomic E-state index is 6.18. The Morgan fingerprint density at radius 1 is 1.35 bits per heavy atom. The second kappa shape index (κ2) is 5.68. The number of fused-ring (bicyclic) bond motifs is 1. The average molecular weight is 239 g/mol. The van der Waals surface area contributed by atoms with Crippen molar-refractivity contribution < 1.29 is 0 Å². The van der Waals surface area contributed by atoms with Crippen LogP contribution in [0.25, 0.3) is 0 Å². The summed E-state index contributed by atoms with van der Waals surface area (Å²) in [4.78, 5) is 5.27. The predicted molar refractivity (Wildman–Crippen MR) is 73.2 cm³/mol. The molecule has 0 saturated carbocycles. The third-order valence-corrected chi connectivity index (χ3v) is 5.03. The average Bonchev–Trinajstić information content (AvgIpc) is 2.76. The summed E-state index contributed by atoms with van der Waals surface area (Å²) in [5, 5.41) is 0. The summed E-state index contributed by atoms with van der Waals surface area (Å²) in [5.41, 5.74) is 6.45. The van der Waals surface area contributed by atoms with Crippen molar-refractivity contribution in [1.82, 2.24) is 9.80 Å². The molecule has 0 aromatic heterocycles. The minimum atomic E-state index is 0.273. The Balaban J connectivity index is 2.07. The van der Waals surface area contributed by atoms with E-state index in [4.69, 9.17) is 5.73 Å². The summed E-state index contributed by atoms with van der Waals surface area (Å²) in [6, 6.07) is 0.725. The van der Waals surface area contributed by atoms with Crippen molar-refractivity contribution in [2.75, 3.05) is 33.2 Å². The predicted octanol–water partition coefficient (Wildman–Crippen LogP) is 1.67. The second-order valence-corrected chi connectivity index (χ2v) is 5.88. The Bertz CT molecular complexity index is 244. The molecular formula is C14H29N3. The molecule has 2 heterocycles. The van der Waals surface area contributed by atoms with Crippen LogP contribution < -0.4 is 5.73 Å². The van der Waals surface area contributed by atoms with Gasteiger partial charge in [0.15, 0.2) is 0 Å². The van der Waals surface area contributed by atoms with Crippen LogP contribution in [0.4, 0.5) is 0 Å². The molecule has 0 amide bonds. The molecule has 2 unspecified atom stereocenters. The van der Waals surface area contributed by atoms with E-state index in [0.29, 0.717) is 0 Å². The number of likely N-dealkylation sites (N-methyl/N-ethyl adjacent to an activating group) is 1. The third-order valence-electron chi connectivity index (χ3n) is 5.03. The number of hydrogen-bond donors (Lipinski definition) is 1. The monoisotopic (exact) mass is 239 g/mol. The molecular weight excluding hydrogens is 210 g/mol. The van der Waals surface area contributed by atoms with E-state index >= 15 is 0 Å². The van der Waals surface area contributed by atoms with Crippen molar-refractivity contribution in [3.05, 3.63) is 0 Å². The zero-order valence-electron chi connectivity index (χ0n) is 11.6. The normalized spacial score (nSPS) is 34.2. The highest BCUT2D eigenvalue weighted by Gasteiger charge is 2.49. The summed E-state index contributed by atoms with van der Waals surface area (Å²) < 4.78 is 0. The zero-order valence-corrected chi connectivity index (χ0v) is 11.6. The van der Waals surface area contributed by atoms with E-state index < -0.39 is 0 Å². The lowest BCUT2D eigenvalue weighted by Crippen LogP contribution is -2.60. The van der Waals surface area contributed by atoms with E-state index in [9.17, 15) is 0 Å². The van der Waals surface area contributed by atoms with E-state index in [1.54, 1.807) is 0 Å². The first-order chi connectivity index (χ1) is 8.24. The second-order valence-electron chi connectivity index (χ2n) is 5.88. The van der Waals surface area contributed by atoms with Crippen LogP contribution in [-0.4, -0.2) is 54.6 Å². The summed E-state index contributed by atoms with van der Waals surface area (Å²) in [6.45, 7) is 6.86. The summed E-state index contributed by atoms with van der Waals surface area (Å²) in [7, 11) is 2.29. The number of rotatable bonds is 5. The van der Waals surface area contributed by atoms with Crippen LogP contribution in [0.3, 0.4) is 0 Å². The summed E-state index contributed by atoms with van der Waals surface area (Å²) in [5.74, 6) is 0. The van der Waals surface area contributed by atoms with Gasteiger partial charge in [0.25, 0.3) is 0 Å². The first-order valence-corrected chi connectivity index (χ1v) is 7.40. The highest BCUT2D eigenvalue weighted by Crippen LogP contribution is 2.38. The van der Waals surface area contributed by atoms with Crippen molar-refractivity contribution in [2.24, 2.45) is 5.73 Å². The SMILES string of the molecule is CCCCN(C)C1(CN)CCN2CCCCC21. The molecule has 3 heteroatoms. The highest BCUT2D eigenvalue weighted by atomic mass is 15.3. The molecule has 0 bridgehead atoms. The molecule has 100 valence electrons. The highest BCUT2D eigenvalue weighted by molar-refractivity contribution is 5.07. The smallest absolute Gasteiger partial charge is 0.0496 e. The zero-order chi connectivity index (χ0) is 12.3. The van der Waals surface area contributed by atoms with Crippen LogP contribution in [0.2, 0.25) is 0 Å². The fourth-order valence-electron chi connectivity index (χ4n) is 3.83. The maximum absolute atomic E-state index is 6.18. The molecule has 2 fully saturated rings. The Morgan fingerprint density at radius 3 is 2.88 bits per heavy atom. The van der Waals surface area contributed by atoms with Gasteiger partial charge in [-0.05, 0) is 45.8 Å². The number of hydrogen-bond acceptors (Lipinski definition) is 3. The molecule has 0 aromatic rings. The van der Waals surface area contributed by atoms with Gasteiger partial charge >= 0.3 is 0 Å². The van der Waals surface area contributed by atoms with Gasteiger partial charge in [-0.3, -0.25) is 9.80 Å². The van der Waals surface area contributed by atoms with Gasteiger partial charge in [0, 0.05) is 24.7 Å². The topological polar surface area (TPSA) is 32.5 Å². The van der Waals surface area contributed by atoms with E-state index in [2.05, 4.69) is 23.8 Å². The summed E-state index contributed by atoms with van der Waals surface area (Å²) in [6.07, 6.45) is 7.98. The molecule has 3 nitrogen and oxygen atoms in total. The molecule has 0 spiro atoms. The number of nitrogens with zero attached hydrogens (tertiary/aromatic N) is 2. The molecule has 17 heavy (non-hydrogen) atoms.